The first-order chi connectivity index (χ1) is 9.36. The first kappa shape index (κ1) is 15.6. The zero-order valence-corrected chi connectivity index (χ0v) is 14.2. The summed E-state index contributed by atoms with van der Waals surface area (Å²) in [7, 11) is -3.27. The quantitative estimate of drug-likeness (QED) is 0.854. The van der Waals surface area contributed by atoms with Crippen molar-refractivity contribution < 1.29 is 8.42 Å². The van der Waals surface area contributed by atoms with E-state index in [0.29, 0.717) is 15.2 Å². The first-order valence-electron chi connectivity index (χ1n) is 6.28. The number of aromatic nitrogens is 2. The number of benzene rings is 1. The van der Waals surface area contributed by atoms with Gasteiger partial charge in [-0.3, -0.25) is 0 Å². The van der Waals surface area contributed by atoms with Crippen LogP contribution in [0.1, 0.15) is 19.4 Å². The van der Waals surface area contributed by atoms with Gasteiger partial charge in [-0.25, -0.2) is 8.42 Å². The number of para-hydroxylation sites is 1. The van der Waals surface area contributed by atoms with Gasteiger partial charge in [0.2, 0.25) is 0 Å². The summed E-state index contributed by atoms with van der Waals surface area (Å²) >= 11 is 7.16. The number of sulfone groups is 1. The summed E-state index contributed by atoms with van der Waals surface area (Å²) in [6.45, 7) is 2.10. The standard InChI is InChI=1S/C13H18N2O2S3/c1-9(7-8-19-2)15-10-5-4-6-11(20(3,16)17)12(10)14-13(15)18/h4-6,9H,7-8H2,1-3H3,(H,14,18). The SMILES string of the molecule is CSCCC(C)n1c(=S)[nH]c2c(S(C)(=O)=O)cccc21. The van der Waals surface area contributed by atoms with Crippen LogP contribution in [0.4, 0.5) is 0 Å². The Bertz CT molecular complexity index is 775. The van der Waals surface area contributed by atoms with Crippen LogP contribution in [0.3, 0.4) is 0 Å². The highest BCUT2D eigenvalue weighted by molar-refractivity contribution is 7.98. The number of thioether (sulfide) groups is 1. The van der Waals surface area contributed by atoms with Crippen LogP contribution in [0.5, 0.6) is 0 Å². The molecule has 0 aliphatic carbocycles. The number of hydrogen-bond donors (Lipinski definition) is 1. The summed E-state index contributed by atoms with van der Waals surface area (Å²) in [4.78, 5) is 3.35. The highest BCUT2D eigenvalue weighted by atomic mass is 32.2. The van der Waals surface area contributed by atoms with Gasteiger partial charge in [0.15, 0.2) is 14.6 Å². The third-order valence-electron chi connectivity index (χ3n) is 3.29. The zero-order chi connectivity index (χ0) is 14.9. The average Bonchev–Trinajstić information content (AvgIpc) is 2.70. The third-order valence-corrected chi connectivity index (χ3v) is 5.38. The van der Waals surface area contributed by atoms with Gasteiger partial charge in [0.25, 0.3) is 0 Å². The lowest BCUT2D eigenvalue weighted by atomic mass is 10.2. The minimum absolute atomic E-state index is 0.235. The lowest BCUT2D eigenvalue weighted by Gasteiger charge is -2.14. The molecule has 2 rings (SSSR count). The molecular weight excluding hydrogens is 312 g/mol. The van der Waals surface area contributed by atoms with Crippen molar-refractivity contribution in [2.45, 2.75) is 24.3 Å². The first-order valence-corrected chi connectivity index (χ1v) is 9.98. The second-order valence-electron chi connectivity index (χ2n) is 4.85. The van der Waals surface area contributed by atoms with Gasteiger partial charge in [-0.05, 0) is 49.7 Å². The summed E-state index contributed by atoms with van der Waals surface area (Å²) in [6.07, 6.45) is 4.28. The molecular formula is C13H18N2O2S3. The van der Waals surface area contributed by atoms with Crippen LogP contribution < -0.4 is 0 Å². The number of aromatic amines is 1. The monoisotopic (exact) mass is 330 g/mol. The minimum atomic E-state index is -3.27. The molecule has 20 heavy (non-hydrogen) atoms. The molecule has 0 amide bonds. The second-order valence-corrected chi connectivity index (χ2v) is 8.21. The molecule has 0 saturated carbocycles. The van der Waals surface area contributed by atoms with Gasteiger partial charge >= 0.3 is 0 Å². The number of nitrogens with one attached hydrogen (secondary N) is 1. The van der Waals surface area contributed by atoms with E-state index in [2.05, 4.69) is 18.2 Å². The maximum Gasteiger partial charge on any atom is 0.178 e. The Kier molecular flexibility index (Phi) is 4.61. The molecule has 0 aliphatic heterocycles. The fourth-order valence-electron chi connectivity index (χ4n) is 2.29. The van der Waals surface area contributed by atoms with Crippen molar-refractivity contribution in [3.63, 3.8) is 0 Å². The molecule has 110 valence electrons. The Morgan fingerprint density at radius 2 is 2.15 bits per heavy atom. The van der Waals surface area contributed by atoms with Gasteiger partial charge in [-0.2, -0.15) is 11.8 Å². The topological polar surface area (TPSA) is 54.9 Å². The molecule has 0 aliphatic rings. The van der Waals surface area contributed by atoms with Crippen molar-refractivity contribution in [3.05, 3.63) is 23.0 Å². The molecule has 0 radical (unpaired) electrons. The van der Waals surface area contributed by atoms with E-state index >= 15 is 0 Å². The van der Waals surface area contributed by atoms with Crippen LogP contribution in [0.2, 0.25) is 0 Å². The number of H-pyrrole nitrogens is 1. The molecule has 2 aromatic rings. The molecule has 1 aromatic carbocycles. The highest BCUT2D eigenvalue weighted by Gasteiger charge is 2.17. The largest absolute Gasteiger partial charge is 0.329 e. The average molecular weight is 331 g/mol. The third kappa shape index (κ3) is 2.94. The Balaban J connectivity index is 2.64. The number of fused-ring (bicyclic) bond motifs is 1. The fraction of sp³-hybridized carbons (Fsp3) is 0.462. The van der Waals surface area contributed by atoms with Gasteiger partial charge in [-0.1, -0.05) is 6.07 Å². The van der Waals surface area contributed by atoms with E-state index in [1.54, 1.807) is 23.9 Å². The Hall–Kier alpha value is -0.790. The molecule has 1 unspecified atom stereocenters. The molecule has 0 fully saturated rings. The van der Waals surface area contributed by atoms with Crippen molar-refractivity contribution in [2.24, 2.45) is 0 Å². The highest BCUT2D eigenvalue weighted by Crippen LogP contribution is 2.26. The van der Waals surface area contributed by atoms with Crippen LogP contribution in [-0.4, -0.2) is 36.2 Å². The van der Waals surface area contributed by atoms with Gasteiger partial charge in [0.1, 0.15) is 0 Å². The summed E-state index contributed by atoms with van der Waals surface area (Å²) in [5, 5.41) is 0. The number of rotatable bonds is 5. The molecule has 1 heterocycles. The summed E-state index contributed by atoms with van der Waals surface area (Å²) in [5.74, 6) is 1.04. The Labute approximate surface area is 128 Å². The van der Waals surface area contributed by atoms with E-state index < -0.39 is 9.84 Å². The summed E-state index contributed by atoms with van der Waals surface area (Å²) < 4.78 is 26.3. The van der Waals surface area contributed by atoms with Crippen LogP contribution >= 0.6 is 24.0 Å². The van der Waals surface area contributed by atoms with Gasteiger partial charge in [0, 0.05) is 12.3 Å². The normalized spacial score (nSPS) is 13.8. The summed E-state index contributed by atoms with van der Waals surface area (Å²) in [6, 6.07) is 5.52. The summed E-state index contributed by atoms with van der Waals surface area (Å²) in [5.41, 5.74) is 1.46. The van der Waals surface area contributed by atoms with Crippen LogP contribution in [0, 0.1) is 4.77 Å². The van der Waals surface area contributed by atoms with Crippen LogP contribution in [0.15, 0.2) is 23.1 Å². The molecule has 0 spiro atoms. The lowest BCUT2D eigenvalue weighted by molar-refractivity contribution is 0.543. The van der Waals surface area contributed by atoms with Gasteiger partial charge in [-0.15, -0.1) is 0 Å². The fourth-order valence-corrected chi connectivity index (χ4v) is 4.10. The second kappa shape index (κ2) is 5.91. The Morgan fingerprint density at radius 3 is 2.75 bits per heavy atom. The van der Waals surface area contributed by atoms with Crippen molar-refractivity contribution in [1.82, 2.24) is 9.55 Å². The van der Waals surface area contributed by atoms with Gasteiger partial charge < -0.3 is 9.55 Å². The molecule has 4 nitrogen and oxygen atoms in total. The molecule has 7 heteroatoms. The van der Waals surface area contributed by atoms with Crippen LogP contribution in [0.25, 0.3) is 11.0 Å². The van der Waals surface area contributed by atoms with Gasteiger partial charge in [0.05, 0.1) is 15.9 Å². The molecule has 1 atom stereocenters. The van der Waals surface area contributed by atoms with Crippen molar-refractivity contribution in [2.75, 3.05) is 18.3 Å². The lowest BCUT2D eigenvalue weighted by Crippen LogP contribution is -2.06. The van der Waals surface area contributed by atoms with E-state index in [9.17, 15) is 8.42 Å². The maximum atomic E-state index is 11.8. The van der Waals surface area contributed by atoms with E-state index in [1.807, 2.05) is 10.6 Å². The number of imidazole rings is 1. The maximum absolute atomic E-state index is 11.8. The Morgan fingerprint density at radius 1 is 1.45 bits per heavy atom. The van der Waals surface area contributed by atoms with Crippen molar-refractivity contribution in [3.8, 4) is 0 Å². The molecule has 0 bridgehead atoms. The smallest absolute Gasteiger partial charge is 0.178 e. The molecule has 1 N–H and O–H groups in total. The van der Waals surface area contributed by atoms with E-state index in [-0.39, 0.29) is 6.04 Å². The molecule has 1 aromatic heterocycles. The molecule has 0 saturated heterocycles. The predicted molar refractivity (Wildman–Crippen MR) is 87.9 cm³/mol. The van der Waals surface area contributed by atoms with E-state index in [0.717, 1.165) is 17.7 Å². The van der Waals surface area contributed by atoms with Crippen LogP contribution in [-0.2, 0) is 9.84 Å². The zero-order valence-electron chi connectivity index (χ0n) is 11.7. The minimum Gasteiger partial charge on any atom is -0.329 e. The van der Waals surface area contributed by atoms with Crippen molar-refractivity contribution >= 4 is 44.9 Å². The number of nitrogens with zero attached hydrogens (tertiary/aromatic N) is 1. The number of hydrogen-bond acceptors (Lipinski definition) is 4. The van der Waals surface area contributed by atoms with Crippen molar-refractivity contribution in [1.29, 1.82) is 0 Å². The van der Waals surface area contributed by atoms with E-state index in [4.69, 9.17) is 12.2 Å². The van der Waals surface area contributed by atoms with E-state index in [1.165, 1.54) is 6.26 Å². The predicted octanol–water partition coefficient (Wildman–Crippen LogP) is 3.42.